The summed E-state index contributed by atoms with van der Waals surface area (Å²) < 4.78 is 0. The topological polar surface area (TPSA) is 72.8 Å². The Morgan fingerprint density at radius 2 is 1.84 bits per heavy atom. The number of hydrogen-bond acceptors (Lipinski definition) is 4. The Bertz CT molecular complexity index is 715. The van der Waals surface area contributed by atoms with Crippen LogP contribution in [-0.2, 0) is 24.3 Å². The number of benzene rings is 2. The third-order valence-electron chi connectivity index (χ3n) is 4.54. The number of nitrogens with zero attached hydrogens (tertiary/aromatic N) is 1. The minimum atomic E-state index is -0.225. The second-order valence-corrected chi connectivity index (χ2v) is 6.57. The largest absolute Gasteiger partial charge is 0.508 e. The van der Waals surface area contributed by atoms with Crippen LogP contribution in [0.25, 0.3) is 0 Å². The molecule has 25 heavy (non-hydrogen) atoms. The Morgan fingerprint density at radius 3 is 2.52 bits per heavy atom. The Balaban J connectivity index is 1.55. The molecule has 0 radical (unpaired) electrons. The Hall–Kier alpha value is -2.37. The summed E-state index contributed by atoms with van der Waals surface area (Å²) in [7, 11) is 0. The fourth-order valence-electron chi connectivity index (χ4n) is 3.14. The van der Waals surface area contributed by atoms with E-state index in [0.29, 0.717) is 19.5 Å². The van der Waals surface area contributed by atoms with Crippen LogP contribution < -0.4 is 5.32 Å². The van der Waals surface area contributed by atoms with Crippen LogP contribution in [0.4, 0.5) is 0 Å². The normalized spacial score (nSPS) is 17.6. The summed E-state index contributed by atoms with van der Waals surface area (Å²) in [4.78, 5) is 14.4. The lowest BCUT2D eigenvalue weighted by Crippen LogP contribution is -2.26. The summed E-state index contributed by atoms with van der Waals surface area (Å²) >= 11 is 0. The predicted molar refractivity (Wildman–Crippen MR) is 96.0 cm³/mol. The van der Waals surface area contributed by atoms with Crippen molar-refractivity contribution in [2.75, 3.05) is 13.1 Å². The van der Waals surface area contributed by atoms with Crippen molar-refractivity contribution < 1.29 is 15.0 Å². The summed E-state index contributed by atoms with van der Waals surface area (Å²) in [6.07, 6.45) is 0.893. The van der Waals surface area contributed by atoms with E-state index in [0.717, 1.165) is 30.6 Å². The first kappa shape index (κ1) is 17.5. The molecule has 1 atom stereocenters. The minimum Gasteiger partial charge on any atom is -0.508 e. The van der Waals surface area contributed by atoms with Gasteiger partial charge in [-0.3, -0.25) is 9.69 Å². The predicted octanol–water partition coefficient (Wildman–Crippen LogP) is 1.82. The van der Waals surface area contributed by atoms with Crippen LogP contribution in [0, 0.1) is 0 Å². The van der Waals surface area contributed by atoms with Crippen molar-refractivity contribution in [1.29, 1.82) is 0 Å². The van der Waals surface area contributed by atoms with Gasteiger partial charge in [0, 0.05) is 26.2 Å². The maximum absolute atomic E-state index is 12.2. The molecule has 132 valence electrons. The van der Waals surface area contributed by atoms with Crippen LogP contribution in [0.2, 0.25) is 0 Å². The summed E-state index contributed by atoms with van der Waals surface area (Å²) in [5, 5.41) is 21.9. The van der Waals surface area contributed by atoms with Gasteiger partial charge in [0.25, 0.3) is 0 Å². The Kier molecular flexibility index (Phi) is 5.68. The molecule has 3 rings (SSSR count). The molecule has 0 unspecified atom stereocenters. The number of hydrogen-bond donors (Lipinski definition) is 3. The van der Waals surface area contributed by atoms with Gasteiger partial charge in [0.2, 0.25) is 5.91 Å². The number of aliphatic hydroxyl groups excluding tert-OH is 1. The van der Waals surface area contributed by atoms with Crippen molar-refractivity contribution in [2.24, 2.45) is 0 Å². The van der Waals surface area contributed by atoms with E-state index in [2.05, 4.69) is 16.3 Å². The fourth-order valence-corrected chi connectivity index (χ4v) is 3.14. The van der Waals surface area contributed by atoms with E-state index in [1.807, 2.05) is 18.2 Å². The summed E-state index contributed by atoms with van der Waals surface area (Å²) in [6, 6.07) is 14.8. The highest BCUT2D eigenvalue weighted by molar-refractivity contribution is 5.78. The molecular weight excluding hydrogens is 316 g/mol. The molecule has 5 nitrogen and oxygen atoms in total. The van der Waals surface area contributed by atoms with E-state index in [1.54, 1.807) is 24.3 Å². The molecule has 2 aromatic carbocycles. The molecule has 3 N–H and O–H groups in total. The molecule has 0 aliphatic carbocycles. The van der Waals surface area contributed by atoms with Crippen LogP contribution in [-0.4, -0.2) is 40.2 Å². The Labute approximate surface area is 147 Å². The van der Waals surface area contributed by atoms with Crippen molar-refractivity contribution in [3.63, 3.8) is 0 Å². The van der Waals surface area contributed by atoms with Crippen LogP contribution in [0.1, 0.15) is 23.1 Å². The van der Waals surface area contributed by atoms with Gasteiger partial charge >= 0.3 is 0 Å². The quantitative estimate of drug-likeness (QED) is 0.750. The van der Waals surface area contributed by atoms with Gasteiger partial charge in [-0.2, -0.15) is 0 Å². The molecular formula is C20H24N2O3. The van der Waals surface area contributed by atoms with E-state index in [9.17, 15) is 15.0 Å². The average molecular weight is 340 g/mol. The van der Waals surface area contributed by atoms with Crippen molar-refractivity contribution in [3.8, 4) is 5.75 Å². The number of carbonyl (C=O) groups is 1. The molecule has 1 aliphatic heterocycles. The standard InChI is InChI=1S/C20H24N2O3/c23-18-7-5-15(6-8-18)11-20(25)21-12-16-3-1-2-4-17(16)13-22-10-9-19(24)14-22/h1-8,19,23-24H,9-14H2,(H,21,25)/t19-/m0/s1. The summed E-state index contributed by atoms with van der Waals surface area (Å²) in [5.74, 6) is 0.155. The molecule has 0 aromatic heterocycles. The zero-order valence-electron chi connectivity index (χ0n) is 14.2. The summed E-state index contributed by atoms with van der Waals surface area (Å²) in [6.45, 7) is 2.90. The highest BCUT2D eigenvalue weighted by Crippen LogP contribution is 2.16. The number of phenolic OH excluding ortho intramolecular Hbond substituents is 1. The molecule has 0 spiro atoms. The molecule has 0 saturated carbocycles. The second kappa shape index (κ2) is 8.14. The number of likely N-dealkylation sites (tertiary alicyclic amines) is 1. The molecule has 1 fully saturated rings. The van der Waals surface area contributed by atoms with Gasteiger partial charge in [0.05, 0.1) is 12.5 Å². The van der Waals surface area contributed by atoms with Gasteiger partial charge in [-0.15, -0.1) is 0 Å². The van der Waals surface area contributed by atoms with Crippen molar-refractivity contribution in [1.82, 2.24) is 10.2 Å². The number of amides is 1. The van der Waals surface area contributed by atoms with E-state index in [1.165, 1.54) is 5.56 Å². The number of aliphatic hydroxyl groups is 1. The first-order valence-corrected chi connectivity index (χ1v) is 8.62. The molecule has 5 heteroatoms. The zero-order chi connectivity index (χ0) is 17.6. The highest BCUT2D eigenvalue weighted by Gasteiger charge is 2.20. The number of β-amino-alcohol motifs (C(OH)–C–C–N with tert-alkyl or cyclic N) is 1. The van der Waals surface area contributed by atoms with Gasteiger partial charge in [-0.1, -0.05) is 36.4 Å². The number of nitrogens with one attached hydrogen (secondary N) is 1. The summed E-state index contributed by atoms with van der Waals surface area (Å²) in [5.41, 5.74) is 3.15. The van der Waals surface area contributed by atoms with Gasteiger partial charge in [-0.25, -0.2) is 0 Å². The number of carbonyl (C=O) groups excluding carboxylic acids is 1. The molecule has 1 aliphatic rings. The van der Waals surface area contributed by atoms with E-state index < -0.39 is 0 Å². The van der Waals surface area contributed by atoms with Crippen molar-refractivity contribution in [3.05, 3.63) is 65.2 Å². The third kappa shape index (κ3) is 5.05. The van der Waals surface area contributed by atoms with Gasteiger partial charge in [-0.05, 0) is 35.2 Å². The zero-order valence-corrected chi connectivity index (χ0v) is 14.2. The third-order valence-corrected chi connectivity index (χ3v) is 4.54. The first-order valence-electron chi connectivity index (χ1n) is 8.62. The monoisotopic (exact) mass is 340 g/mol. The first-order chi connectivity index (χ1) is 12.1. The molecule has 1 saturated heterocycles. The Morgan fingerprint density at radius 1 is 1.12 bits per heavy atom. The van der Waals surface area contributed by atoms with E-state index in [-0.39, 0.29) is 17.8 Å². The fraction of sp³-hybridized carbons (Fsp3) is 0.350. The number of phenols is 1. The van der Waals surface area contributed by atoms with Crippen LogP contribution in [0.5, 0.6) is 5.75 Å². The van der Waals surface area contributed by atoms with Crippen molar-refractivity contribution >= 4 is 5.91 Å². The number of aromatic hydroxyl groups is 1. The molecule has 1 amide bonds. The maximum atomic E-state index is 12.2. The van der Waals surface area contributed by atoms with E-state index in [4.69, 9.17) is 0 Å². The molecule has 2 aromatic rings. The SMILES string of the molecule is O=C(Cc1ccc(O)cc1)NCc1ccccc1CN1CC[C@H](O)C1. The highest BCUT2D eigenvalue weighted by atomic mass is 16.3. The van der Waals surface area contributed by atoms with Crippen LogP contribution >= 0.6 is 0 Å². The van der Waals surface area contributed by atoms with Gasteiger partial charge < -0.3 is 15.5 Å². The lowest BCUT2D eigenvalue weighted by molar-refractivity contribution is -0.120. The second-order valence-electron chi connectivity index (χ2n) is 6.57. The average Bonchev–Trinajstić information content (AvgIpc) is 3.01. The molecule has 1 heterocycles. The molecule has 0 bridgehead atoms. The van der Waals surface area contributed by atoms with E-state index >= 15 is 0 Å². The van der Waals surface area contributed by atoms with Gasteiger partial charge in [0.15, 0.2) is 0 Å². The maximum Gasteiger partial charge on any atom is 0.224 e. The van der Waals surface area contributed by atoms with Crippen LogP contribution in [0.15, 0.2) is 48.5 Å². The minimum absolute atomic E-state index is 0.0444. The van der Waals surface area contributed by atoms with Gasteiger partial charge in [0.1, 0.15) is 5.75 Å². The van der Waals surface area contributed by atoms with Crippen LogP contribution in [0.3, 0.4) is 0 Å². The number of rotatable bonds is 6. The lowest BCUT2D eigenvalue weighted by atomic mass is 10.1. The lowest BCUT2D eigenvalue weighted by Gasteiger charge is -2.18. The smallest absolute Gasteiger partial charge is 0.224 e. The van der Waals surface area contributed by atoms with Crippen molar-refractivity contribution in [2.45, 2.75) is 32.0 Å².